The molecule has 0 aliphatic heterocycles. The van der Waals surface area contributed by atoms with Gasteiger partial charge in [0.25, 0.3) is 0 Å². The number of hydrogen-bond donors (Lipinski definition) is 1. The molecule has 1 aromatic heterocycles. The highest BCUT2D eigenvalue weighted by molar-refractivity contribution is 7.16. The summed E-state index contributed by atoms with van der Waals surface area (Å²) in [6, 6.07) is 0. The normalized spacial score (nSPS) is 15.6. The van der Waals surface area contributed by atoms with Gasteiger partial charge in [0.1, 0.15) is 5.00 Å². The first-order chi connectivity index (χ1) is 10.5. The Bertz CT molecular complexity index is 544. The first-order valence-corrected chi connectivity index (χ1v) is 8.82. The van der Waals surface area contributed by atoms with E-state index in [-0.39, 0.29) is 11.9 Å². The molecule has 0 bridgehead atoms. The van der Waals surface area contributed by atoms with Gasteiger partial charge in [-0.3, -0.25) is 4.79 Å². The van der Waals surface area contributed by atoms with Crippen molar-refractivity contribution in [2.24, 2.45) is 5.92 Å². The molecule has 1 aliphatic rings. The third-order valence-electron chi connectivity index (χ3n) is 4.53. The Hall–Kier alpha value is -1.36. The molecule has 0 radical (unpaired) electrons. The van der Waals surface area contributed by atoms with Crippen LogP contribution in [-0.2, 0) is 9.53 Å². The Morgan fingerprint density at radius 3 is 2.55 bits per heavy atom. The van der Waals surface area contributed by atoms with Crippen molar-refractivity contribution in [3.63, 3.8) is 0 Å². The van der Waals surface area contributed by atoms with Gasteiger partial charge in [-0.25, -0.2) is 4.79 Å². The summed E-state index contributed by atoms with van der Waals surface area (Å²) in [5.41, 5.74) is 1.38. The number of ether oxygens (including phenoxy) is 1. The summed E-state index contributed by atoms with van der Waals surface area (Å²) in [7, 11) is 1.36. The quantitative estimate of drug-likeness (QED) is 0.814. The van der Waals surface area contributed by atoms with Gasteiger partial charge in [0, 0.05) is 11.3 Å². The minimum atomic E-state index is -0.385. The largest absolute Gasteiger partial charge is 0.465 e. The summed E-state index contributed by atoms with van der Waals surface area (Å²) >= 11 is 1.44. The van der Waals surface area contributed by atoms with Gasteiger partial charge in [-0.05, 0) is 31.7 Å². The number of amides is 1. The van der Waals surface area contributed by atoms with E-state index < -0.39 is 0 Å². The summed E-state index contributed by atoms with van der Waals surface area (Å²) in [6.07, 6.45) is 7.89. The Morgan fingerprint density at radius 1 is 1.23 bits per heavy atom. The van der Waals surface area contributed by atoms with Crippen molar-refractivity contribution < 1.29 is 14.3 Å². The second kappa shape index (κ2) is 7.77. The second-order valence-corrected chi connectivity index (χ2v) is 7.29. The van der Waals surface area contributed by atoms with Crippen molar-refractivity contribution in [1.29, 1.82) is 0 Å². The van der Waals surface area contributed by atoms with Crippen LogP contribution >= 0.6 is 11.3 Å². The monoisotopic (exact) mass is 323 g/mol. The number of carbonyl (C=O) groups is 2. The maximum atomic E-state index is 12.2. The van der Waals surface area contributed by atoms with Gasteiger partial charge in [-0.2, -0.15) is 0 Å². The zero-order valence-electron chi connectivity index (χ0n) is 13.7. The van der Waals surface area contributed by atoms with Crippen LogP contribution < -0.4 is 5.32 Å². The number of thiophene rings is 1. The first-order valence-electron chi connectivity index (χ1n) is 8.01. The predicted molar refractivity (Wildman–Crippen MR) is 89.6 cm³/mol. The fraction of sp³-hybridized carbons (Fsp3) is 0.647. The predicted octanol–water partition coefficient (Wildman–Crippen LogP) is 4.45. The zero-order chi connectivity index (χ0) is 16.1. The Labute approximate surface area is 136 Å². The minimum Gasteiger partial charge on any atom is -0.465 e. The molecule has 1 aliphatic carbocycles. The number of nitrogens with one attached hydrogen (secondary N) is 1. The van der Waals surface area contributed by atoms with Crippen molar-refractivity contribution in [3.8, 4) is 0 Å². The van der Waals surface area contributed by atoms with Crippen molar-refractivity contribution in [1.82, 2.24) is 0 Å². The van der Waals surface area contributed by atoms with Crippen molar-refractivity contribution >= 4 is 28.2 Å². The molecule has 1 aromatic rings. The van der Waals surface area contributed by atoms with E-state index in [1.165, 1.54) is 50.6 Å². The molecule has 1 fully saturated rings. The molecule has 0 atom stereocenters. The number of hydrogen-bond acceptors (Lipinski definition) is 4. The van der Waals surface area contributed by atoms with Gasteiger partial charge in [-0.15, -0.1) is 11.3 Å². The number of aryl methyl sites for hydroxylation is 1. The third kappa shape index (κ3) is 4.09. The molecule has 22 heavy (non-hydrogen) atoms. The fourth-order valence-electron chi connectivity index (χ4n) is 3.06. The molecule has 4 nitrogen and oxygen atoms in total. The number of methoxy groups -OCH3 is 1. The van der Waals surface area contributed by atoms with Crippen LogP contribution in [-0.4, -0.2) is 19.0 Å². The van der Waals surface area contributed by atoms with Gasteiger partial charge in [0.05, 0.1) is 12.7 Å². The maximum absolute atomic E-state index is 12.2. The molecule has 0 aromatic carbocycles. The lowest BCUT2D eigenvalue weighted by molar-refractivity contribution is -0.116. The minimum absolute atomic E-state index is 0.00280. The van der Waals surface area contributed by atoms with Crippen molar-refractivity contribution in [3.05, 3.63) is 16.0 Å². The topological polar surface area (TPSA) is 55.4 Å². The van der Waals surface area contributed by atoms with Crippen molar-refractivity contribution in [2.75, 3.05) is 12.4 Å². The van der Waals surface area contributed by atoms with Gasteiger partial charge in [-0.1, -0.05) is 32.1 Å². The van der Waals surface area contributed by atoms with Crippen LogP contribution in [0.4, 0.5) is 5.00 Å². The van der Waals surface area contributed by atoms with Crippen LogP contribution in [0.2, 0.25) is 0 Å². The number of carbonyl (C=O) groups excluding carboxylic acids is 2. The molecule has 1 N–H and O–H groups in total. The lowest BCUT2D eigenvalue weighted by Crippen LogP contribution is -2.16. The summed E-state index contributed by atoms with van der Waals surface area (Å²) < 4.78 is 4.82. The van der Waals surface area contributed by atoms with Crippen LogP contribution in [0.15, 0.2) is 0 Å². The SMILES string of the molecule is COC(=O)c1c(NC(=O)CCC2CCCCC2)sc(C)c1C. The van der Waals surface area contributed by atoms with E-state index in [9.17, 15) is 9.59 Å². The highest BCUT2D eigenvalue weighted by Crippen LogP contribution is 2.33. The van der Waals surface area contributed by atoms with Crippen molar-refractivity contribution in [2.45, 2.75) is 58.8 Å². The first kappa shape index (κ1) is 17.0. The highest BCUT2D eigenvalue weighted by Gasteiger charge is 2.22. The fourth-order valence-corrected chi connectivity index (χ4v) is 4.13. The van der Waals surface area contributed by atoms with E-state index in [0.717, 1.165) is 16.9 Å². The maximum Gasteiger partial charge on any atom is 0.341 e. The Kier molecular flexibility index (Phi) is 6.00. The van der Waals surface area contributed by atoms with E-state index in [1.807, 2.05) is 13.8 Å². The molecule has 2 rings (SSSR count). The molecule has 122 valence electrons. The van der Waals surface area contributed by atoms with E-state index in [4.69, 9.17) is 4.74 Å². The van der Waals surface area contributed by atoms with Gasteiger partial charge in [0.15, 0.2) is 0 Å². The van der Waals surface area contributed by atoms with Gasteiger partial charge >= 0.3 is 5.97 Å². The van der Waals surface area contributed by atoms with E-state index >= 15 is 0 Å². The van der Waals surface area contributed by atoms with Crippen LogP contribution in [0.1, 0.15) is 65.7 Å². The summed E-state index contributed by atoms with van der Waals surface area (Å²) in [5.74, 6) is 0.299. The summed E-state index contributed by atoms with van der Waals surface area (Å²) in [4.78, 5) is 25.1. The smallest absolute Gasteiger partial charge is 0.341 e. The number of rotatable bonds is 5. The molecular formula is C17H25NO3S. The molecule has 1 saturated carbocycles. The molecule has 1 amide bonds. The lowest BCUT2D eigenvalue weighted by atomic mass is 9.86. The molecule has 0 spiro atoms. The molecule has 0 unspecified atom stereocenters. The number of esters is 1. The van der Waals surface area contributed by atoms with Crippen LogP contribution in [0.25, 0.3) is 0 Å². The second-order valence-electron chi connectivity index (χ2n) is 6.07. The van der Waals surface area contributed by atoms with Crippen LogP contribution in [0.3, 0.4) is 0 Å². The average molecular weight is 323 g/mol. The van der Waals surface area contributed by atoms with E-state index in [1.54, 1.807) is 0 Å². The van der Waals surface area contributed by atoms with Crippen LogP contribution in [0, 0.1) is 19.8 Å². The molecule has 0 saturated heterocycles. The molecule has 5 heteroatoms. The molecule has 1 heterocycles. The number of anilines is 1. The summed E-state index contributed by atoms with van der Waals surface area (Å²) in [5, 5.41) is 3.53. The van der Waals surface area contributed by atoms with E-state index in [0.29, 0.717) is 22.9 Å². The summed E-state index contributed by atoms with van der Waals surface area (Å²) in [6.45, 7) is 3.83. The van der Waals surface area contributed by atoms with Gasteiger partial charge in [0.2, 0.25) is 5.91 Å². The third-order valence-corrected chi connectivity index (χ3v) is 5.65. The lowest BCUT2D eigenvalue weighted by Gasteiger charge is -2.20. The average Bonchev–Trinajstić information content (AvgIpc) is 2.80. The van der Waals surface area contributed by atoms with Crippen LogP contribution in [0.5, 0.6) is 0 Å². The van der Waals surface area contributed by atoms with E-state index in [2.05, 4.69) is 5.32 Å². The highest BCUT2D eigenvalue weighted by atomic mass is 32.1. The standard InChI is InChI=1S/C17H25NO3S/c1-11-12(2)22-16(15(11)17(20)21-3)18-14(19)10-9-13-7-5-4-6-8-13/h13H,4-10H2,1-3H3,(H,18,19). The van der Waals surface area contributed by atoms with Gasteiger partial charge < -0.3 is 10.1 Å². The zero-order valence-corrected chi connectivity index (χ0v) is 14.5. The molecular weight excluding hydrogens is 298 g/mol. The Morgan fingerprint density at radius 2 is 1.91 bits per heavy atom. The Balaban J connectivity index is 1.96.